The van der Waals surface area contributed by atoms with Crippen molar-refractivity contribution in [1.29, 1.82) is 0 Å². The molecule has 14 nitrogen and oxygen atoms in total. The molecule has 4 aromatic carbocycles. The molecule has 1 atom stereocenters. The molecule has 48 heavy (non-hydrogen) atoms. The summed E-state index contributed by atoms with van der Waals surface area (Å²) in [7, 11) is 2.38. The Hall–Kier alpha value is -6.25. The van der Waals surface area contributed by atoms with Crippen LogP contribution in [0.15, 0.2) is 84.9 Å². The number of hydroxylamine groups is 1. The zero-order chi connectivity index (χ0) is 34.8. The van der Waals surface area contributed by atoms with Crippen molar-refractivity contribution in [2.45, 2.75) is 6.04 Å². The van der Waals surface area contributed by atoms with Crippen LogP contribution in [-0.4, -0.2) is 72.6 Å². The number of anilines is 1. The number of esters is 2. The number of methoxy groups -OCH3 is 2. The van der Waals surface area contributed by atoms with Crippen LogP contribution in [-0.2, 0) is 9.47 Å². The first-order valence-corrected chi connectivity index (χ1v) is 14.1. The summed E-state index contributed by atoms with van der Waals surface area (Å²) in [5.41, 5.74) is 2.64. The van der Waals surface area contributed by atoms with E-state index in [9.17, 15) is 39.4 Å². The van der Waals surface area contributed by atoms with Gasteiger partial charge in [0.05, 0.1) is 48.1 Å². The zero-order valence-electron chi connectivity index (χ0n) is 25.6. The molecule has 248 valence electrons. The van der Waals surface area contributed by atoms with Crippen LogP contribution < -0.4 is 20.3 Å². The third-order valence-corrected chi connectivity index (χ3v) is 7.01. The van der Waals surface area contributed by atoms with E-state index in [1.54, 1.807) is 48.5 Å². The van der Waals surface area contributed by atoms with Gasteiger partial charge in [0.2, 0.25) is 0 Å². The van der Waals surface area contributed by atoms with E-state index in [1.165, 1.54) is 38.5 Å². The number of hydrogen-bond acceptors (Lipinski definition) is 11. The van der Waals surface area contributed by atoms with Gasteiger partial charge in [0.1, 0.15) is 24.7 Å². The van der Waals surface area contributed by atoms with Gasteiger partial charge in [-0.3, -0.25) is 4.79 Å². The Labute approximate surface area is 273 Å². The highest BCUT2D eigenvalue weighted by atomic mass is 16.5. The standard InChI is InChI=1S/C34H30N2O12/c1-45-33(42)20-5-13-25(31(38)39)27(17-20)29(36-44)19-3-9-23(10-4-19)47-15-16-48-24-11-7-22(8-12-24)35-30(37)28-18-21(34(43)46-2)6-14-26(28)32(40)41/h3-14,17-18,29,36,44H,15-16H2,1-2H3,(H,35,37)(H,38,39)(H,40,41). The van der Waals surface area contributed by atoms with Gasteiger partial charge in [-0.25, -0.2) is 19.2 Å². The molecule has 0 bridgehead atoms. The lowest BCUT2D eigenvalue weighted by Crippen LogP contribution is -2.22. The third kappa shape index (κ3) is 8.31. The van der Waals surface area contributed by atoms with Crippen LogP contribution in [0.2, 0.25) is 0 Å². The normalized spacial score (nSPS) is 11.1. The second kappa shape index (κ2) is 15.8. The average molecular weight is 659 g/mol. The second-order valence-electron chi connectivity index (χ2n) is 9.96. The minimum absolute atomic E-state index is 0.0259. The Balaban J connectivity index is 1.33. The molecule has 4 aromatic rings. The molecule has 0 aliphatic heterocycles. The Bertz CT molecular complexity index is 1820. The summed E-state index contributed by atoms with van der Waals surface area (Å²) in [4.78, 5) is 60.1. The van der Waals surface area contributed by atoms with Gasteiger partial charge in [0.25, 0.3) is 5.91 Å². The summed E-state index contributed by atoms with van der Waals surface area (Å²) in [6.07, 6.45) is 0. The molecule has 0 aliphatic carbocycles. The lowest BCUT2D eigenvalue weighted by Gasteiger charge is -2.19. The summed E-state index contributed by atoms with van der Waals surface area (Å²) < 4.78 is 20.8. The van der Waals surface area contributed by atoms with E-state index < -0.39 is 35.8 Å². The predicted molar refractivity (Wildman–Crippen MR) is 168 cm³/mol. The van der Waals surface area contributed by atoms with E-state index in [0.29, 0.717) is 22.7 Å². The molecule has 1 amide bonds. The number of benzene rings is 4. The van der Waals surface area contributed by atoms with Gasteiger partial charge in [-0.05, 0) is 83.9 Å². The fourth-order valence-electron chi connectivity index (χ4n) is 4.64. The van der Waals surface area contributed by atoms with Gasteiger partial charge in [-0.2, -0.15) is 5.48 Å². The number of ether oxygens (including phenoxy) is 4. The number of carboxylic acid groups (broad SMARTS) is 2. The summed E-state index contributed by atoms with van der Waals surface area (Å²) in [5.74, 6) is -3.74. The molecule has 1 unspecified atom stereocenters. The topological polar surface area (TPSA) is 207 Å². The number of amides is 1. The Morgan fingerprint density at radius 1 is 0.646 bits per heavy atom. The highest BCUT2D eigenvalue weighted by Crippen LogP contribution is 2.28. The van der Waals surface area contributed by atoms with Gasteiger partial charge >= 0.3 is 23.9 Å². The van der Waals surface area contributed by atoms with Gasteiger partial charge in [-0.15, -0.1) is 0 Å². The first-order valence-electron chi connectivity index (χ1n) is 14.1. The molecule has 5 N–H and O–H groups in total. The number of carbonyl (C=O) groups excluding carboxylic acids is 3. The lowest BCUT2D eigenvalue weighted by molar-refractivity contribution is 0.0591. The monoisotopic (exact) mass is 658 g/mol. The van der Waals surface area contributed by atoms with Gasteiger partial charge in [0.15, 0.2) is 0 Å². The molecular formula is C34H30N2O12. The van der Waals surface area contributed by atoms with Crippen molar-refractivity contribution in [3.8, 4) is 11.5 Å². The number of rotatable bonds is 14. The highest BCUT2D eigenvalue weighted by molar-refractivity contribution is 6.12. The number of carbonyl (C=O) groups is 5. The van der Waals surface area contributed by atoms with E-state index in [4.69, 9.17) is 14.2 Å². The number of hydrogen-bond donors (Lipinski definition) is 5. The van der Waals surface area contributed by atoms with Crippen LogP contribution in [0.1, 0.15) is 69.0 Å². The zero-order valence-corrected chi connectivity index (χ0v) is 25.6. The largest absolute Gasteiger partial charge is 0.490 e. The van der Waals surface area contributed by atoms with Crippen LogP contribution in [0.5, 0.6) is 11.5 Å². The van der Waals surface area contributed by atoms with E-state index in [0.717, 1.165) is 12.1 Å². The van der Waals surface area contributed by atoms with Crippen LogP contribution in [0.3, 0.4) is 0 Å². The van der Waals surface area contributed by atoms with E-state index in [-0.39, 0.29) is 46.6 Å². The van der Waals surface area contributed by atoms with Gasteiger partial charge in [-0.1, -0.05) is 12.1 Å². The van der Waals surface area contributed by atoms with Crippen molar-refractivity contribution in [2.75, 3.05) is 32.8 Å². The maximum Gasteiger partial charge on any atom is 0.337 e. The highest BCUT2D eigenvalue weighted by Gasteiger charge is 2.23. The Kier molecular flexibility index (Phi) is 11.4. The molecule has 14 heteroatoms. The van der Waals surface area contributed by atoms with Gasteiger partial charge < -0.3 is 39.7 Å². The molecule has 0 aromatic heterocycles. The summed E-state index contributed by atoms with van der Waals surface area (Å²) >= 11 is 0. The maximum absolute atomic E-state index is 12.8. The molecule has 0 fully saturated rings. The predicted octanol–water partition coefficient (Wildman–Crippen LogP) is 4.43. The van der Waals surface area contributed by atoms with Crippen molar-refractivity contribution in [3.05, 3.63) is 124 Å². The van der Waals surface area contributed by atoms with E-state index in [2.05, 4.69) is 15.5 Å². The van der Waals surface area contributed by atoms with Crippen molar-refractivity contribution < 1.29 is 58.3 Å². The Morgan fingerprint density at radius 3 is 1.65 bits per heavy atom. The third-order valence-electron chi connectivity index (χ3n) is 7.01. The summed E-state index contributed by atoms with van der Waals surface area (Å²) in [6, 6.07) is 19.3. The second-order valence-corrected chi connectivity index (χ2v) is 9.96. The Morgan fingerprint density at radius 2 is 1.15 bits per heavy atom. The van der Waals surface area contributed by atoms with Crippen LogP contribution in [0.4, 0.5) is 5.69 Å². The maximum atomic E-state index is 12.8. The first kappa shape index (κ1) is 34.6. The average Bonchev–Trinajstić information content (AvgIpc) is 3.10. The van der Waals surface area contributed by atoms with E-state index in [1.807, 2.05) is 0 Å². The van der Waals surface area contributed by atoms with Crippen LogP contribution in [0, 0.1) is 0 Å². The van der Waals surface area contributed by atoms with Crippen molar-refractivity contribution in [1.82, 2.24) is 5.48 Å². The lowest BCUT2D eigenvalue weighted by atomic mass is 9.93. The molecule has 0 saturated heterocycles. The van der Waals surface area contributed by atoms with Crippen molar-refractivity contribution in [2.24, 2.45) is 0 Å². The molecule has 0 heterocycles. The van der Waals surface area contributed by atoms with Crippen molar-refractivity contribution >= 4 is 35.5 Å². The first-order chi connectivity index (χ1) is 23.1. The number of nitrogens with one attached hydrogen (secondary N) is 2. The summed E-state index contributed by atoms with van der Waals surface area (Å²) in [5, 5.41) is 31.6. The molecule has 0 saturated carbocycles. The van der Waals surface area contributed by atoms with Crippen molar-refractivity contribution in [3.63, 3.8) is 0 Å². The fraction of sp³-hybridized carbons (Fsp3) is 0.147. The smallest absolute Gasteiger partial charge is 0.337 e. The number of aromatic carboxylic acids is 2. The van der Waals surface area contributed by atoms with E-state index >= 15 is 0 Å². The van der Waals surface area contributed by atoms with Crippen LogP contribution in [0.25, 0.3) is 0 Å². The quantitative estimate of drug-likeness (QED) is 0.0723. The molecular weight excluding hydrogens is 628 g/mol. The fourth-order valence-corrected chi connectivity index (χ4v) is 4.64. The number of carboxylic acids is 2. The molecule has 0 aliphatic rings. The van der Waals surface area contributed by atoms with Crippen LogP contribution >= 0.6 is 0 Å². The minimum Gasteiger partial charge on any atom is -0.490 e. The minimum atomic E-state index is -1.33. The SMILES string of the molecule is COC(=O)c1ccc(C(=O)O)c(C(=O)Nc2ccc(OCCOc3ccc(C(NO)c4cc(C(=O)OC)ccc4C(=O)O)cc3)cc2)c1. The van der Waals surface area contributed by atoms with Gasteiger partial charge in [0, 0.05) is 5.69 Å². The molecule has 0 spiro atoms. The molecule has 0 radical (unpaired) electrons. The molecule has 4 rings (SSSR count). The summed E-state index contributed by atoms with van der Waals surface area (Å²) in [6.45, 7) is 0.303.